The van der Waals surface area contributed by atoms with E-state index in [4.69, 9.17) is 14.7 Å². The first-order valence-electron chi connectivity index (χ1n) is 5.35. The summed E-state index contributed by atoms with van der Waals surface area (Å²) in [4.78, 5) is 21.7. The number of fused-ring (bicyclic) bond motifs is 1. The normalized spacial score (nSPS) is 12.7. The minimum absolute atomic E-state index is 0.0399. The van der Waals surface area contributed by atoms with E-state index in [1.165, 1.54) is 12.1 Å². The van der Waals surface area contributed by atoms with Crippen LogP contribution in [-0.2, 0) is 9.53 Å². The predicted molar refractivity (Wildman–Crippen MR) is 64.8 cm³/mol. The molecule has 1 aromatic carbocycles. The van der Waals surface area contributed by atoms with Crippen molar-refractivity contribution in [1.82, 2.24) is 0 Å². The van der Waals surface area contributed by atoms with Crippen molar-refractivity contribution in [2.24, 2.45) is 0 Å². The molecule has 8 nitrogen and oxygen atoms in total. The lowest BCUT2D eigenvalue weighted by Crippen LogP contribution is -2.03. The Hall–Kier alpha value is -3.08. The van der Waals surface area contributed by atoms with Gasteiger partial charge < -0.3 is 14.2 Å². The fourth-order valence-corrected chi connectivity index (χ4v) is 1.62. The number of ether oxygens (including phenoxy) is 3. The van der Waals surface area contributed by atoms with Crippen molar-refractivity contribution < 1.29 is 23.9 Å². The van der Waals surface area contributed by atoms with Crippen LogP contribution in [0.5, 0.6) is 11.5 Å². The summed E-state index contributed by atoms with van der Waals surface area (Å²) in [5.74, 6) is -0.325. The third-order valence-electron chi connectivity index (χ3n) is 2.54. The molecule has 0 amide bonds. The quantitative estimate of drug-likeness (QED) is 0.269. The highest BCUT2D eigenvalue weighted by molar-refractivity contribution is 5.98. The summed E-state index contributed by atoms with van der Waals surface area (Å²) in [5.41, 5.74) is -0.596. The monoisotopic (exact) mass is 276 g/mol. The molecular formula is C12H8N2O6. The summed E-state index contributed by atoms with van der Waals surface area (Å²) < 4.78 is 14.6. The molecule has 0 N–H and O–H groups in total. The van der Waals surface area contributed by atoms with Crippen LogP contribution >= 0.6 is 0 Å². The van der Waals surface area contributed by atoms with Crippen LogP contribution in [0.15, 0.2) is 17.7 Å². The Morgan fingerprint density at radius 1 is 1.50 bits per heavy atom. The number of benzene rings is 1. The lowest BCUT2D eigenvalue weighted by atomic mass is 10.1. The van der Waals surface area contributed by atoms with E-state index in [1.807, 2.05) is 0 Å². The third kappa shape index (κ3) is 2.37. The van der Waals surface area contributed by atoms with Crippen LogP contribution in [0.25, 0.3) is 6.08 Å². The first-order chi connectivity index (χ1) is 9.56. The number of hydrogen-bond acceptors (Lipinski definition) is 7. The highest BCUT2D eigenvalue weighted by Gasteiger charge is 2.23. The molecule has 1 aromatic rings. The van der Waals surface area contributed by atoms with Crippen LogP contribution in [0, 0.1) is 21.4 Å². The van der Waals surface area contributed by atoms with Gasteiger partial charge in [-0.15, -0.1) is 0 Å². The number of nitro groups is 1. The zero-order valence-electron chi connectivity index (χ0n) is 10.3. The van der Waals surface area contributed by atoms with Crippen LogP contribution in [0.1, 0.15) is 5.56 Å². The van der Waals surface area contributed by atoms with E-state index in [2.05, 4.69) is 4.74 Å². The molecule has 0 bridgehead atoms. The van der Waals surface area contributed by atoms with Crippen molar-refractivity contribution in [3.05, 3.63) is 33.4 Å². The SMILES string of the molecule is COC(=O)C(C#N)=Cc1cc2c(cc1[N+](=O)[O-])OCO2. The van der Waals surface area contributed by atoms with Crippen molar-refractivity contribution in [2.45, 2.75) is 0 Å². The molecule has 0 spiro atoms. The molecule has 0 saturated carbocycles. The topological polar surface area (TPSA) is 112 Å². The van der Waals surface area contributed by atoms with Crippen molar-refractivity contribution in [1.29, 1.82) is 5.26 Å². The average Bonchev–Trinajstić information content (AvgIpc) is 2.89. The Bertz CT molecular complexity index is 659. The van der Waals surface area contributed by atoms with Gasteiger partial charge in [0, 0.05) is 0 Å². The Labute approximate surface area is 112 Å². The van der Waals surface area contributed by atoms with E-state index < -0.39 is 10.9 Å². The molecule has 1 heterocycles. The van der Waals surface area contributed by atoms with E-state index in [-0.39, 0.29) is 29.4 Å². The molecule has 2 rings (SSSR count). The average molecular weight is 276 g/mol. The Morgan fingerprint density at radius 2 is 2.15 bits per heavy atom. The highest BCUT2D eigenvalue weighted by Crippen LogP contribution is 2.38. The number of rotatable bonds is 3. The molecule has 0 fully saturated rings. The second-order valence-corrected chi connectivity index (χ2v) is 3.68. The summed E-state index contributed by atoms with van der Waals surface area (Å²) in [6.07, 6.45) is 1.08. The summed E-state index contributed by atoms with van der Waals surface area (Å²) in [5, 5.41) is 19.9. The predicted octanol–water partition coefficient (Wildman–Crippen LogP) is 1.40. The number of nitriles is 1. The Morgan fingerprint density at radius 3 is 2.70 bits per heavy atom. The molecule has 0 radical (unpaired) electrons. The lowest BCUT2D eigenvalue weighted by Gasteiger charge is -2.02. The van der Waals surface area contributed by atoms with Crippen LogP contribution < -0.4 is 9.47 Å². The maximum Gasteiger partial charge on any atom is 0.348 e. The van der Waals surface area contributed by atoms with E-state index in [0.29, 0.717) is 5.75 Å². The number of nitrogens with zero attached hydrogens (tertiary/aromatic N) is 2. The first-order valence-corrected chi connectivity index (χ1v) is 5.35. The van der Waals surface area contributed by atoms with Gasteiger partial charge in [-0.25, -0.2) is 4.79 Å². The molecule has 0 saturated heterocycles. The van der Waals surface area contributed by atoms with E-state index in [1.54, 1.807) is 6.07 Å². The minimum Gasteiger partial charge on any atom is -0.465 e. The molecule has 20 heavy (non-hydrogen) atoms. The second-order valence-electron chi connectivity index (χ2n) is 3.68. The molecule has 0 aliphatic carbocycles. The van der Waals surface area contributed by atoms with Gasteiger partial charge >= 0.3 is 5.97 Å². The number of methoxy groups -OCH3 is 1. The van der Waals surface area contributed by atoms with Gasteiger partial charge in [-0.2, -0.15) is 5.26 Å². The molecular weight excluding hydrogens is 268 g/mol. The van der Waals surface area contributed by atoms with Gasteiger partial charge in [-0.1, -0.05) is 0 Å². The molecule has 0 unspecified atom stereocenters. The fraction of sp³-hybridized carbons (Fsp3) is 0.167. The fourth-order valence-electron chi connectivity index (χ4n) is 1.62. The van der Waals surface area contributed by atoms with Crippen molar-refractivity contribution in [2.75, 3.05) is 13.9 Å². The van der Waals surface area contributed by atoms with Crippen LogP contribution in [-0.4, -0.2) is 24.8 Å². The largest absolute Gasteiger partial charge is 0.465 e. The first kappa shape index (κ1) is 13.4. The van der Waals surface area contributed by atoms with Crippen LogP contribution in [0.3, 0.4) is 0 Å². The molecule has 8 heteroatoms. The molecule has 0 aromatic heterocycles. The zero-order chi connectivity index (χ0) is 14.7. The standard InChI is InChI=1S/C12H8N2O6/c1-18-12(15)8(5-13)2-7-3-10-11(20-6-19-10)4-9(7)14(16)17/h2-4H,6H2,1H3. The van der Waals surface area contributed by atoms with Gasteiger partial charge in [0.05, 0.1) is 23.7 Å². The summed E-state index contributed by atoms with van der Waals surface area (Å²) >= 11 is 0. The molecule has 102 valence electrons. The maximum absolute atomic E-state index is 11.3. The second kappa shape index (κ2) is 5.27. The van der Waals surface area contributed by atoms with Crippen LogP contribution in [0.2, 0.25) is 0 Å². The number of esters is 1. The number of hydrogen-bond donors (Lipinski definition) is 0. The van der Waals surface area contributed by atoms with Crippen molar-refractivity contribution in [3.8, 4) is 17.6 Å². The van der Waals surface area contributed by atoms with Gasteiger partial charge in [0.15, 0.2) is 11.5 Å². The van der Waals surface area contributed by atoms with Crippen molar-refractivity contribution >= 4 is 17.7 Å². The van der Waals surface area contributed by atoms with E-state index in [9.17, 15) is 14.9 Å². The van der Waals surface area contributed by atoms with Crippen LogP contribution in [0.4, 0.5) is 5.69 Å². The summed E-state index contributed by atoms with van der Waals surface area (Å²) in [6.45, 7) is -0.0399. The Kier molecular flexibility index (Phi) is 3.52. The van der Waals surface area contributed by atoms with Gasteiger partial charge in [0.1, 0.15) is 11.6 Å². The molecule has 1 aliphatic heterocycles. The number of nitro benzene ring substituents is 1. The van der Waals surface area contributed by atoms with Gasteiger partial charge in [0.25, 0.3) is 5.69 Å². The van der Waals surface area contributed by atoms with Gasteiger partial charge in [-0.05, 0) is 12.1 Å². The Balaban J connectivity index is 2.56. The van der Waals surface area contributed by atoms with Crippen molar-refractivity contribution in [3.63, 3.8) is 0 Å². The third-order valence-corrected chi connectivity index (χ3v) is 2.54. The summed E-state index contributed by atoms with van der Waals surface area (Å²) in [7, 11) is 1.11. The number of carbonyl (C=O) groups is 1. The van der Waals surface area contributed by atoms with E-state index >= 15 is 0 Å². The molecule has 0 atom stereocenters. The highest BCUT2D eigenvalue weighted by atomic mass is 16.7. The lowest BCUT2D eigenvalue weighted by molar-refractivity contribution is -0.385. The van der Waals surface area contributed by atoms with Gasteiger partial charge in [-0.3, -0.25) is 10.1 Å². The minimum atomic E-state index is -0.875. The summed E-state index contributed by atoms with van der Waals surface area (Å²) in [6, 6.07) is 4.14. The van der Waals surface area contributed by atoms with Gasteiger partial charge in [0.2, 0.25) is 6.79 Å². The van der Waals surface area contributed by atoms with E-state index in [0.717, 1.165) is 13.2 Å². The number of carbonyl (C=O) groups excluding carboxylic acids is 1. The molecule has 1 aliphatic rings. The smallest absolute Gasteiger partial charge is 0.348 e. The maximum atomic E-state index is 11.3. The zero-order valence-corrected chi connectivity index (χ0v) is 10.3.